The molecule has 1 aromatic carbocycles. The second-order valence-corrected chi connectivity index (χ2v) is 2.85. The van der Waals surface area contributed by atoms with E-state index in [0.29, 0.717) is 0 Å². The van der Waals surface area contributed by atoms with Crippen molar-refractivity contribution in [2.45, 2.75) is 20.1 Å². The minimum Gasteiger partial charge on any atom is -0.496 e. The van der Waals surface area contributed by atoms with Gasteiger partial charge in [-0.25, -0.2) is 0 Å². The Bertz CT molecular complexity index is 294. The molecule has 0 saturated heterocycles. The summed E-state index contributed by atoms with van der Waals surface area (Å²) in [5.74, 6) is 0.737. The highest BCUT2D eigenvalue weighted by Gasteiger charge is 2.08. The summed E-state index contributed by atoms with van der Waals surface area (Å²) < 4.78 is 5.09. The third kappa shape index (κ3) is 1.82. The van der Waals surface area contributed by atoms with Crippen LogP contribution in [0.25, 0.3) is 0 Å². The van der Waals surface area contributed by atoms with Gasteiger partial charge < -0.3 is 14.9 Å². The van der Waals surface area contributed by atoms with Crippen LogP contribution in [0, 0.1) is 6.92 Å². The summed E-state index contributed by atoms with van der Waals surface area (Å²) in [6, 6.07) is 3.55. The summed E-state index contributed by atoms with van der Waals surface area (Å²) in [4.78, 5) is 0. The Labute approximate surface area is 77.6 Å². The van der Waals surface area contributed by atoms with Crippen molar-refractivity contribution in [3.8, 4) is 5.75 Å². The molecule has 0 aromatic heterocycles. The van der Waals surface area contributed by atoms with Crippen molar-refractivity contribution in [3.05, 3.63) is 28.8 Å². The normalized spacial score (nSPS) is 10.2. The van der Waals surface area contributed by atoms with Crippen LogP contribution in [-0.4, -0.2) is 17.3 Å². The van der Waals surface area contributed by atoms with Crippen LogP contribution >= 0.6 is 0 Å². The van der Waals surface area contributed by atoms with Crippen LogP contribution in [0.15, 0.2) is 12.1 Å². The monoisotopic (exact) mass is 182 g/mol. The Morgan fingerprint density at radius 2 is 1.92 bits per heavy atom. The summed E-state index contributed by atoms with van der Waals surface area (Å²) >= 11 is 0. The van der Waals surface area contributed by atoms with Gasteiger partial charge in [0.25, 0.3) is 0 Å². The zero-order valence-electron chi connectivity index (χ0n) is 7.87. The fraction of sp³-hybridized carbons (Fsp3) is 0.400. The molecule has 0 aliphatic rings. The smallest absolute Gasteiger partial charge is 0.122 e. The average molecular weight is 182 g/mol. The summed E-state index contributed by atoms with van der Waals surface area (Å²) in [6.45, 7) is 1.74. The maximum atomic E-state index is 9.08. The predicted octanol–water partition coefficient (Wildman–Crippen LogP) is 0.988. The molecule has 0 atom stereocenters. The van der Waals surface area contributed by atoms with Gasteiger partial charge in [0.2, 0.25) is 0 Å². The zero-order valence-corrected chi connectivity index (χ0v) is 7.87. The highest BCUT2D eigenvalue weighted by atomic mass is 16.5. The first-order valence-electron chi connectivity index (χ1n) is 4.11. The summed E-state index contributed by atoms with van der Waals surface area (Å²) in [5.41, 5.74) is 2.39. The Hall–Kier alpha value is -1.06. The lowest BCUT2D eigenvalue weighted by Crippen LogP contribution is -1.99. The molecule has 13 heavy (non-hydrogen) atoms. The van der Waals surface area contributed by atoms with Gasteiger partial charge in [-0.05, 0) is 29.7 Å². The van der Waals surface area contributed by atoms with Crippen LogP contribution in [-0.2, 0) is 13.2 Å². The first-order chi connectivity index (χ1) is 6.24. The van der Waals surface area contributed by atoms with Crippen molar-refractivity contribution in [1.29, 1.82) is 0 Å². The summed E-state index contributed by atoms with van der Waals surface area (Å²) in [5, 5.41) is 18.1. The number of hydrogen-bond donors (Lipinski definition) is 2. The molecule has 0 aliphatic carbocycles. The van der Waals surface area contributed by atoms with E-state index >= 15 is 0 Å². The van der Waals surface area contributed by atoms with Crippen molar-refractivity contribution >= 4 is 0 Å². The molecule has 0 unspecified atom stereocenters. The molecule has 0 radical (unpaired) electrons. The minimum absolute atomic E-state index is 0.0548. The lowest BCUT2D eigenvalue weighted by atomic mass is 10.0. The van der Waals surface area contributed by atoms with Gasteiger partial charge in [0.05, 0.1) is 20.3 Å². The van der Waals surface area contributed by atoms with Gasteiger partial charge >= 0.3 is 0 Å². The van der Waals surface area contributed by atoms with Crippen LogP contribution < -0.4 is 4.74 Å². The highest BCUT2D eigenvalue weighted by Crippen LogP contribution is 2.24. The van der Waals surface area contributed by atoms with E-state index in [2.05, 4.69) is 0 Å². The zero-order chi connectivity index (χ0) is 9.84. The Morgan fingerprint density at radius 3 is 2.38 bits per heavy atom. The van der Waals surface area contributed by atoms with Gasteiger partial charge in [-0.1, -0.05) is 6.07 Å². The molecule has 0 bridgehead atoms. The molecule has 1 aromatic rings. The van der Waals surface area contributed by atoms with E-state index in [4.69, 9.17) is 14.9 Å². The van der Waals surface area contributed by atoms with Gasteiger partial charge in [-0.3, -0.25) is 0 Å². The molecule has 0 saturated carbocycles. The van der Waals surface area contributed by atoms with Crippen molar-refractivity contribution < 1.29 is 14.9 Å². The highest BCUT2D eigenvalue weighted by molar-refractivity contribution is 5.43. The largest absolute Gasteiger partial charge is 0.496 e. The molecule has 0 spiro atoms. The van der Waals surface area contributed by atoms with Crippen LogP contribution in [0.3, 0.4) is 0 Å². The van der Waals surface area contributed by atoms with Crippen molar-refractivity contribution in [2.24, 2.45) is 0 Å². The third-order valence-corrected chi connectivity index (χ3v) is 2.19. The van der Waals surface area contributed by atoms with Crippen LogP contribution in [0.2, 0.25) is 0 Å². The molecule has 0 amide bonds. The number of methoxy groups -OCH3 is 1. The van der Waals surface area contributed by atoms with Gasteiger partial charge in [-0.15, -0.1) is 0 Å². The lowest BCUT2D eigenvalue weighted by Gasteiger charge is -2.12. The lowest BCUT2D eigenvalue weighted by molar-refractivity contribution is 0.258. The number of hydrogen-bond acceptors (Lipinski definition) is 3. The number of ether oxygens (including phenoxy) is 1. The molecule has 1 rings (SSSR count). The van der Waals surface area contributed by atoms with E-state index in [1.165, 1.54) is 0 Å². The molecule has 0 aliphatic heterocycles. The van der Waals surface area contributed by atoms with E-state index in [1.807, 2.05) is 6.92 Å². The van der Waals surface area contributed by atoms with Crippen LogP contribution in [0.5, 0.6) is 5.75 Å². The standard InChI is InChI=1S/C10H14O3/c1-7-9(6-12)8(5-11)3-4-10(7)13-2/h3-4,11-12H,5-6H2,1-2H3. The fourth-order valence-corrected chi connectivity index (χ4v) is 1.38. The molecule has 2 N–H and O–H groups in total. The van der Waals surface area contributed by atoms with Gasteiger partial charge in [0.15, 0.2) is 0 Å². The quantitative estimate of drug-likeness (QED) is 0.732. The average Bonchev–Trinajstić information content (AvgIpc) is 2.17. The van der Waals surface area contributed by atoms with Gasteiger partial charge in [0, 0.05) is 0 Å². The van der Waals surface area contributed by atoms with E-state index in [0.717, 1.165) is 22.4 Å². The Balaban J connectivity index is 3.23. The molecule has 3 nitrogen and oxygen atoms in total. The van der Waals surface area contributed by atoms with Crippen molar-refractivity contribution in [3.63, 3.8) is 0 Å². The predicted molar refractivity (Wildman–Crippen MR) is 49.6 cm³/mol. The summed E-state index contributed by atoms with van der Waals surface area (Å²) in [7, 11) is 1.59. The SMILES string of the molecule is COc1ccc(CO)c(CO)c1C. The number of benzene rings is 1. The van der Waals surface area contributed by atoms with Crippen molar-refractivity contribution in [2.75, 3.05) is 7.11 Å². The third-order valence-electron chi connectivity index (χ3n) is 2.19. The molecule has 72 valence electrons. The first-order valence-corrected chi connectivity index (χ1v) is 4.11. The van der Waals surface area contributed by atoms with Crippen LogP contribution in [0.1, 0.15) is 16.7 Å². The molecular formula is C10H14O3. The topological polar surface area (TPSA) is 49.7 Å². The van der Waals surface area contributed by atoms with Gasteiger partial charge in [0.1, 0.15) is 5.75 Å². The molecular weight excluding hydrogens is 168 g/mol. The van der Waals surface area contributed by atoms with E-state index in [9.17, 15) is 0 Å². The number of aliphatic hydroxyl groups excluding tert-OH is 2. The number of rotatable bonds is 3. The Morgan fingerprint density at radius 1 is 1.23 bits per heavy atom. The van der Waals surface area contributed by atoms with E-state index in [-0.39, 0.29) is 13.2 Å². The van der Waals surface area contributed by atoms with Crippen LogP contribution in [0.4, 0.5) is 0 Å². The Kier molecular flexibility index (Phi) is 3.28. The number of aliphatic hydroxyl groups is 2. The maximum absolute atomic E-state index is 9.08. The minimum atomic E-state index is -0.0705. The second kappa shape index (κ2) is 4.25. The molecule has 3 heteroatoms. The van der Waals surface area contributed by atoms with E-state index < -0.39 is 0 Å². The summed E-state index contributed by atoms with van der Waals surface area (Å²) in [6.07, 6.45) is 0. The van der Waals surface area contributed by atoms with Gasteiger partial charge in [-0.2, -0.15) is 0 Å². The van der Waals surface area contributed by atoms with Crippen molar-refractivity contribution in [1.82, 2.24) is 0 Å². The molecule has 0 heterocycles. The fourth-order valence-electron chi connectivity index (χ4n) is 1.38. The maximum Gasteiger partial charge on any atom is 0.122 e. The first kappa shape index (κ1) is 10.0. The molecule has 0 fully saturated rings. The van der Waals surface area contributed by atoms with E-state index in [1.54, 1.807) is 19.2 Å². The second-order valence-electron chi connectivity index (χ2n) is 2.85.